The van der Waals surface area contributed by atoms with Crippen molar-refractivity contribution in [1.82, 2.24) is 10.6 Å². The molecule has 4 nitrogen and oxygen atoms in total. The number of hydrogen-bond acceptors (Lipinski definition) is 3. The fraction of sp³-hybridized carbons (Fsp3) is 0.923. The molecule has 1 amide bonds. The van der Waals surface area contributed by atoms with Crippen LogP contribution in [-0.2, 0) is 4.79 Å². The molecule has 1 saturated heterocycles. The molecular weight excluding hydrogens is 216 g/mol. The molecule has 4 heteroatoms. The maximum absolute atomic E-state index is 12.0. The van der Waals surface area contributed by atoms with Crippen molar-refractivity contribution >= 4 is 5.91 Å². The second kappa shape index (κ2) is 5.83. The molecule has 0 aromatic heterocycles. The summed E-state index contributed by atoms with van der Waals surface area (Å²) in [6, 6.07) is -0.0184. The van der Waals surface area contributed by atoms with Gasteiger partial charge in [-0.3, -0.25) is 4.79 Å². The first kappa shape index (κ1) is 12.8. The lowest BCUT2D eigenvalue weighted by Crippen LogP contribution is -2.51. The molecule has 0 spiro atoms. The summed E-state index contributed by atoms with van der Waals surface area (Å²) < 4.78 is 0. The Morgan fingerprint density at radius 3 is 2.88 bits per heavy atom. The van der Waals surface area contributed by atoms with Crippen LogP contribution in [0.5, 0.6) is 0 Å². The van der Waals surface area contributed by atoms with E-state index in [0.717, 1.165) is 38.8 Å². The Morgan fingerprint density at radius 2 is 2.24 bits per heavy atom. The molecule has 4 unspecified atom stereocenters. The number of carbonyl (C=O) groups is 1. The molecule has 17 heavy (non-hydrogen) atoms. The highest BCUT2D eigenvalue weighted by molar-refractivity contribution is 5.82. The highest BCUT2D eigenvalue weighted by atomic mass is 16.3. The molecule has 2 fully saturated rings. The van der Waals surface area contributed by atoms with E-state index in [-0.39, 0.29) is 18.1 Å². The third-order valence-electron chi connectivity index (χ3n) is 4.13. The molecule has 1 saturated carbocycles. The van der Waals surface area contributed by atoms with Crippen molar-refractivity contribution in [2.45, 2.75) is 51.2 Å². The fourth-order valence-electron chi connectivity index (χ4n) is 2.99. The van der Waals surface area contributed by atoms with E-state index in [1.807, 2.05) is 0 Å². The van der Waals surface area contributed by atoms with Gasteiger partial charge in [0.1, 0.15) is 0 Å². The summed E-state index contributed by atoms with van der Waals surface area (Å²) in [6.07, 6.45) is 4.91. The van der Waals surface area contributed by atoms with Crippen molar-refractivity contribution in [2.75, 3.05) is 13.1 Å². The Labute approximate surface area is 103 Å². The average Bonchev–Trinajstić information content (AvgIpc) is 2.73. The summed E-state index contributed by atoms with van der Waals surface area (Å²) in [5, 5.41) is 15.8. The molecule has 2 rings (SSSR count). The molecule has 1 aliphatic heterocycles. The number of piperidine rings is 1. The lowest BCUT2D eigenvalue weighted by molar-refractivity contribution is -0.125. The average molecular weight is 240 g/mol. The van der Waals surface area contributed by atoms with Gasteiger partial charge < -0.3 is 15.7 Å². The van der Waals surface area contributed by atoms with Gasteiger partial charge in [0.25, 0.3) is 0 Å². The molecule has 4 atom stereocenters. The van der Waals surface area contributed by atoms with Gasteiger partial charge in [-0.05, 0) is 50.5 Å². The van der Waals surface area contributed by atoms with E-state index in [1.54, 1.807) is 0 Å². The minimum absolute atomic E-state index is 0.0184. The minimum Gasteiger partial charge on any atom is -0.393 e. The van der Waals surface area contributed by atoms with E-state index in [2.05, 4.69) is 17.6 Å². The molecule has 98 valence electrons. The van der Waals surface area contributed by atoms with Crippen LogP contribution >= 0.6 is 0 Å². The van der Waals surface area contributed by atoms with Gasteiger partial charge in [0, 0.05) is 6.54 Å². The lowest BCUT2D eigenvalue weighted by Gasteiger charge is -2.29. The van der Waals surface area contributed by atoms with Gasteiger partial charge in [-0.25, -0.2) is 0 Å². The van der Waals surface area contributed by atoms with Crippen molar-refractivity contribution in [3.05, 3.63) is 0 Å². The third-order valence-corrected chi connectivity index (χ3v) is 4.13. The van der Waals surface area contributed by atoms with E-state index in [4.69, 9.17) is 0 Å². The fourth-order valence-corrected chi connectivity index (χ4v) is 2.99. The van der Waals surface area contributed by atoms with E-state index >= 15 is 0 Å². The number of hydrogen-bond donors (Lipinski definition) is 3. The smallest absolute Gasteiger partial charge is 0.237 e. The van der Waals surface area contributed by atoms with Gasteiger partial charge >= 0.3 is 0 Å². The summed E-state index contributed by atoms with van der Waals surface area (Å²) >= 11 is 0. The quantitative estimate of drug-likeness (QED) is 0.679. The van der Waals surface area contributed by atoms with Gasteiger partial charge in [-0.1, -0.05) is 6.92 Å². The minimum atomic E-state index is -0.149. The topological polar surface area (TPSA) is 61.4 Å². The highest BCUT2D eigenvalue weighted by Gasteiger charge is 2.28. The maximum atomic E-state index is 12.0. The molecule has 1 aliphatic carbocycles. The second-order valence-electron chi connectivity index (χ2n) is 5.63. The second-order valence-corrected chi connectivity index (χ2v) is 5.63. The zero-order valence-corrected chi connectivity index (χ0v) is 10.6. The predicted octanol–water partition coefficient (Wildman–Crippen LogP) is 0.652. The molecule has 3 N–H and O–H groups in total. The monoisotopic (exact) mass is 240 g/mol. The van der Waals surface area contributed by atoms with Crippen LogP contribution in [-0.4, -0.2) is 36.2 Å². The predicted molar refractivity (Wildman–Crippen MR) is 66.5 cm³/mol. The number of amides is 1. The van der Waals surface area contributed by atoms with E-state index in [1.165, 1.54) is 6.42 Å². The van der Waals surface area contributed by atoms with Crippen molar-refractivity contribution in [2.24, 2.45) is 11.8 Å². The molecule has 0 aromatic rings. The van der Waals surface area contributed by atoms with Crippen molar-refractivity contribution in [1.29, 1.82) is 0 Å². The third kappa shape index (κ3) is 3.42. The highest BCUT2D eigenvalue weighted by Crippen LogP contribution is 2.24. The first-order chi connectivity index (χ1) is 8.16. The maximum Gasteiger partial charge on any atom is 0.237 e. The van der Waals surface area contributed by atoms with Crippen molar-refractivity contribution < 1.29 is 9.90 Å². The zero-order chi connectivity index (χ0) is 12.3. The summed E-state index contributed by atoms with van der Waals surface area (Å²) in [5.74, 6) is 1.03. The number of carbonyl (C=O) groups excluding carboxylic acids is 1. The van der Waals surface area contributed by atoms with Crippen molar-refractivity contribution in [3.8, 4) is 0 Å². The number of rotatable bonds is 3. The van der Waals surface area contributed by atoms with Crippen LogP contribution in [0.15, 0.2) is 0 Å². The van der Waals surface area contributed by atoms with Gasteiger partial charge in [0.2, 0.25) is 5.91 Å². The van der Waals surface area contributed by atoms with Gasteiger partial charge in [0.15, 0.2) is 0 Å². The summed E-state index contributed by atoms with van der Waals surface area (Å²) in [4.78, 5) is 12.0. The Kier molecular flexibility index (Phi) is 4.40. The molecule has 1 heterocycles. The van der Waals surface area contributed by atoms with Crippen LogP contribution in [0.3, 0.4) is 0 Å². The summed E-state index contributed by atoms with van der Waals surface area (Å²) in [7, 11) is 0. The van der Waals surface area contributed by atoms with Crippen LogP contribution in [0.4, 0.5) is 0 Å². The van der Waals surface area contributed by atoms with E-state index < -0.39 is 0 Å². The van der Waals surface area contributed by atoms with Crippen LogP contribution < -0.4 is 10.6 Å². The standard InChI is InChI=1S/C13H24N2O2/c1-9-3-2-6-14-12(9)13(17)15-8-10-4-5-11(16)7-10/h9-12,14,16H,2-8H2,1H3,(H,15,17). The van der Waals surface area contributed by atoms with Gasteiger partial charge in [0.05, 0.1) is 12.1 Å². The molecular formula is C13H24N2O2. The Morgan fingerprint density at radius 1 is 1.41 bits per heavy atom. The molecule has 0 bridgehead atoms. The van der Waals surface area contributed by atoms with Gasteiger partial charge in [-0.2, -0.15) is 0 Å². The molecule has 0 radical (unpaired) electrons. The first-order valence-corrected chi connectivity index (χ1v) is 6.86. The zero-order valence-electron chi connectivity index (χ0n) is 10.6. The SMILES string of the molecule is CC1CCCNC1C(=O)NCC1CCC(O)C1. The largest absolute Gasteiger partial charge is 0.393 e. The van der Waals surface area contributed by atoms with Crippen LogP contribution in [0, 0.1) is 11.8 Å². The van der Waals surface area contributed by atoms with E-state index in [9.17, 15) is 9.90 Å². The lowest BCUT2D eigenvalue weighted by atomic mass is 9.92. The first-order valence-electron chi connectivity index (χ1n) is 6.86. The number of aliphatic hydroxyl groups excluding tert-OH is 1. The van der Waals surface area contributed by atoms with Crippen LogP contribution in [0.1, 0.15) is 39.0 Å². The van der Waals surface area contributed by atoms with Gasteiger partial charge in [-0.15, -0.1) is 0 Å². The van der Waals surface area contributed by atoms with Crippen LogP contribution in [0.2, 0.25) is 0 Å². The Balaban J connectivity index is 1.73. The molecule has 0 aromatic carbocycles. The van der Waals surface area contributed by atoms with Crippen molar-refractivity contribution in [3.63, 3.8) is 0 Å². The van der Waals surface area contributed by atoms with E-state index in [0.29, 0.717) is 11.8 Å². The Bertz CT molecular complexity index is 270. The number of nitrogens with one attached hydrogen (secondary N) is 2. The Hall–Kier alpha value is -0.610. The summed E-state index contributed by atoms with van der Waals surface area (Å²) in [6.45, 7) is 3.81. The number of aliphatic hydroxyl groups is 1. The normalized spacial score (nSPS) is 38.0. The molecule has 2 aliphatic rings. The summed E-state index contributed by atoms with van der Waals surface area (Å²) in [5.41, 5.74) is 0. The van der Waals surface area contributed by atoms with Crippen LogP contribution in [0.25, 0.3) is 0 Å².